The zero-order valence-electron chi connectivity index (χ0n) is 8.85. The number of hydrogen-bond acceptors (Lipinski definition) is 0. The maximum Gasteiger partial charge on any atom is -0.0198 e. The highest BCUT2D eigenvalue weighted by Gasteiger charge is 2.04. The minimum absolute atomic E-state index is 1.16. The molecule has 0 fully saturated rings. The molecule has 0 aliphatic heterocycles. The highest BCUT2D eigenvalue weighted by atomic mass is 14.1. The second kappa shape index (κ2) is 4.27. The van der Waals surface area contributed by atoms with E-state index in [1.54, 1.807) is 0 Å². The number of hydrogen-bond donors (Lipinski definition) is 0. The van der Waals surface area contributed by atoms with E-state index in [9.17, 15) is 0 Å². The fraction of sp³-hybridized carbons (Fsp3) is 0.385. The summed E-state index contributed by atoms with van der Waals surface area (Å²) >= 11 is 0. The molecule has 0 N–H and O–H groups in total. The Balaban J connectivity index is 3.17. The van der Waals surface area contributed by atoms with Crippen LogP contribution < -0.4 is 0 Å². The first-order chi connectivity index (χ1) is 6.16. The van der Waals surface area contributed by atoms with Crippen molar-refractivity contribution in [2.24, 2.45) is 0 Å². The molecule has 0 aliphatic rings. The van der Waals surface area contributed by atoms with Crippen LogP contribution in [0.2, 0.25) is 0 Å². The van der Waals surface area contributed by atoms with E-state index in [4.69, 9.17) is 0 Å². The van der Waals surface area contributed by atoms with Crippen molar-refractivity contribution in [2.45, 2.75) is 33.6 Å². The van der Waals surface area contributed by atoms with Crippen LogP contribution in [0.3, 0.4) is 0 Å². The van der Waals surface area contributed by atoms with Crippen LogP contribution >= 0.6 is 0 Å². The number of allylic oxidation sites excluding steroid dienone is 1. The molecule has 1 rings (SSSR count). The molecule has 0 nitrogen and oxygen atoms in total. The summed E-state index contributed by atoms with van der Waals surface area (Å²) in [6.07, 6.45) is 2.36. The third kappa shape index (κ3) is 2.21. The molecule has 0 aliphatic carbocycles. The molecule has 0 saturated heterocycles. The van der Waals surface area contributed by atoms with Gasteiger partial charge in [-0.15, -0.1) is 0 Å². The van der Waals surface area contributed by atoms with Gasteiger partial charge in [-0.1, -0.05) is 43.7 Å². The van der Waals surface area contributed by atoms with Crippen molar-refractivity contribution in [1.29, 1.82) is 0 Å². The Morgan fingerprint density at radius 1 is 1.38 bits per heavy atom. The highest BCUT2D eigenvalue weighted by molar-refractivity contribution is 5.65. The van der Waals surface area contributed by atoms with E-state index >= 15 is 0 Å². The van der Waals surface area contributed by atoms with E-state index in [-0.39, 0.29) is 0 Å². The molecule has 0 spiro atoms. The molecule has 0 atom stereocenters. The molecular formula is C13H18. The van der Waals surface area contributed by atoms with Gasteiger partial charge in [0.05, 0.1) is 0 Å². The van der Waals surface area contributed by atoms with Gasteiger partial charge >= 0.3 is 0 Å². The van der Waals surface area contributed by atoms with Gasteiger partial charge in [-0.25, -0.2) is 0 Å². The lowest BCUT2D eigenvalue weighted by Gasteiger charge is -2.11. The summed E-state index contributed by atoms with van der Waals surface area (Å²) in [4.78, 5) is 0. The zero-order chi connectivity index (χ0) is 9.84. The molecule has 0 saturated carbocycles. The van der Waals surface area contributed by atoms with Gasteiger partial charge in [-0.3, -0.25) is 0 Å². The number of aryl methyl sites for hydroxylation is 1. The Kier molecular flexibility index (Phi) is 3.30. The fourth-order valence-corrected chi connectivity index (χ4v) is 1.68. The lowest BCUT2D eigenvalue weighted by molar-refractivity contribution is 0.909. The van der Waals surface area contributed by atoms with Crippen LogP contribution in [0.1, 0.15) is 37.0 Å². The van der Waals surface area contributed by atoms with Crippen molar-refractivity contribution in [1.82, 2.24) is 0 Å². The van der Waals surface area contributed by atoms with Crippen LogP contribution in [0.4, 0.5) is 0 Å². The first-order valence-electron chi connectivity index (χ1n) is 4.91. The summed E-state index contributed by atoms with van der Waals surface area (Å²) in [6, 6.07) is 6.45. The second-order valence-electron chi connectivity index (χ2n) is 3.63. The molecule has 0 heterocycles. The van der Waals surface area contributed by atoms with Crippen LogP contribution in [0.15, 0.2) is 24.8 Å². The molecule has 0 radical (unpaired) electrons. The lowest BCUT2D eigenvalue weighted by atomic mass is 9.94. The molecular weight excluding hydrogens is 156 g/mol. The Morgan fingerprint density at radius 3 is 2.62 bits per heavy atom. The fourth-order valence-electron chi connectivity index (χ4n) is 1.68. The minimum Gasteiger partial charge on any atom is -0.0955 e. The number of benzene rings is 1. The van der Waals surface area contributed by atoms with Gasteiger partial charge < -0.3 is 0 Å². The van der Waals surface area contributed by atoms with Crippen molar-refractivity contribution >= 4 is 5.57 Å². The lowest BCUT2D eigenvalue weighted by Crippen LogP contribution is -1.94. The average Bonchev–Trinajstić information content (AvgIpc) is 2.08. The summed E-state index contributed by atoms with van der Waals surface area (Å²) in [6.45, 7) is 10.5. The molecule has 0 aromatic heterocycles. The van der Waals surface area contributed by atoms with Gasteiger partial charge in [-0.2, -0.15) is 0 Å². The quantitative estimate of drug-likeness (QED) is 0.650. The Hall–Kier alpha value is -1.04. The summed E-state index contributed by atoms with van der Waals surface area (Å²) < 4.78 is 0. The van der Waals surface area contributed by atoms with E-state index < -0.39 is 0 Å². The first kappa shape index (κ1) is 10.0. The van der Waals surface area contributed by atoms with Gasteiger partial charge in [-0.05, 0) is 37.0 Å². The Morgan fingerprint density at radius 2 is 2.08 bits per heavy atom. The van der Waals surface area contributed by atoms with Crippen LogP contribution in [-0.4, -0.2) is 0 Å². The van der Waals surface area contributed by atoms with Gasteiger partial charge in [0.1, 0.15) is 0 Å². The predicted octanol–water partition coefficient (Wildman–Crippen LogP) is 3.98. The molecule has 13 heavy (non-hydrogen) atoms. The summed E-state index contributed by atoms with van der Waals surface area (Å²) in [7, 11) is 0. The van der Waals surface area contributed by atoms with Crippen LogP contribution in [-0.2, 0) is 6.42 Å². The SMILES string of the molecule is C=C(C)c1cccc(C)c1CCC. The Labute approximate surface area is 81.3 Å². The van der Waals surface area contributed by atoms with Gasteiger partial charge in [0, 0.05) is 0 Å². The molecule has 0 bridgehead atoms. The summed E-state index contributed by atoms with van der Waals surface area (Å²) in [5, 5.41) is 0. The van der Waals surface area contributed by atoms with E-state index in [2.05, 4.69) is 45.5 Å². The highest BCUT2D eigenvalue weighted by Crippen LogP contribution is 2.21. The molecule has 1 aromatic carbocycles. The van der Waals surface area contributed by atoms with Crippen molar-refractivity contribution < 1.29 is 0 Å². The normalized spacial score (nSPS) is 10.1. The van der Waals surface area contributed by atoms with Crippen LogP contribution in [0.25, 0.3) is 5.57 Å². The summed E-state index contributed by atoms with van der Waals surface area (Å²) in [5.74, 6) is 0. The molecule has 70 valence electrons. The number of rotatable bonds is 3. The van der Waals surface area contributed by atoms with E-state index in [1.807, 2.05) is 0 Å². The van der Waals surface area contributed by atoms with Gasteiger partial charge in [0.2, 0.25) is 0 Å². The average molecular weight is 174 g/mol. The van der Waals surface area contributed by atoms with E-state index in [1.165, 1.54) is 28.7 Å². The van der Waals surface area contributed by atoms with Crippen molar-refractivity contribution in [2.75, 3.05) is 0 Å². The predicted molar refractivity (Wildman–Crippen MR) is 59.9 cm³/mol. The van der Waals surface area contributed by atoms with E-state index in [0.29, 0.717) is 0 Å². The van der Waals surface area contributed by atoms with Crippen LogP contribution in [0.5, 0.6) is 0 Å². The second-order valence-corrected chi connectivity index (χ2v) is 3.63. The minimum atomic E-state index is 1.16. The van der Waals surface area contributed by atoms with E-state index in [0.717, 1.165) is 6.42 Å². The molecule has 0 unspecified atom stereocenters. The molecule has 0 amide bonds. The molecule has 1 aromatic rings. The van der Waals surface area contributed by atoms with Gasteiger partial charge in [0.15, 0.2) is 0 Å². The van der Waals surface area contributed by atoms with Gasteiger partial charge in [0.25, 0.3) is 0 Å². The van der Waals surface area contributed by atoms with Crippen molar-refractivity contribution in [3.63, 3.8) is 0 Å². The largest absolute Gasteiger partial charge is 0.0955 e. The van der Waals surface area contributed by atoms with Crippen molar-refractivity contribution in [3.05, 3.63) is 41.5 Å². The standard InChI is InChI=1S/C13H18/c1-5-7-13-11(4)8-6-9-12(13)10(2)3/h6,8-9H,2,5,7H2,1,3-4H3. The third-order valence-corrected chi connectivity index (χ3v) is 2.37. The zero-order valence-corrected chi connectivity index (χ0v) is 8.85. The topological polar surface area (TPSA) is 0 Å². The maximum absolute atomic E-state index is 4.01. The van der Waals surface area contributed by atoms with Crippen molar-refractivity contribution in [3.8, 4) is 0 Å². The van der Waals surface area contributed by atoms with Crippen LogP contribution in [0, 0.1) is 6.92 Å². The molecule has 0 heteroatoms. The first-order valence-corrected chi connectivity index (χ1v) is 4.91. The smallest absolute Gasteiger partial charge is 0.0198 e. The Bertz CT molecular complexity index is 308. The summed E-state index contributed by atoms with van der Waals surface area (Å²) in [5.41, 5.74) is 5.37. The maximum atomic E-state index is 4.01. The third-order valence-electron chi connectivity index (χ3n) is 2.37. The monoisotopic (exact) mass is 174 g/mol.